The van der Waals surface area contributed by atoms with Crippen molar-refractivity contribution in [2.24, 2.45) is 5.92 Å². The van der Waals surface area contributed by atoms with Gasteiger partial charge in [0.15, 0.2) is 11.6 Å². The van der Waals surface area contributed by atoms with Gasteiger partial charge in [-0.3, -0.25) is 4.79 Å². The highest BCUT2D eigenvalue weighted by Gasteiger charge is 2.36. The molecule has 5 nitrogen and oxygen atoms in total. The lowest BCUT2D eigenvalue weighted by atomic mass is 10.0. The maximum absolute atomic E-state index is 14.9. The van der Waals surface area contributed by atoms with Crippen LogP contribution in [0.25, 0.3) is 0 Å². The predicted molar refractivity (Wildman–Crippen MR) is 124 cm³/mol. The summed E-state index contributed by atoms with van der Waals surface area (Å²) in [5, 5.41) is 9.26. The van der Waals surface area contributed by atoms with Crippen LogP contribution in [-0.2, 0) is 22.5 Å². The molecule has 1 saturated carbocycles. The van der Waals surface area contributed by atoms with Crippen LogP contribution in [-0.4, -0.2) is 34.7 Å². The first kappa shape index (κ1) is 27.1. The van der Waals surface area contributed by atoms with Crippen molar-refractivity contribution < 1.29 is 28.2 Å². The summed E-state index contributed by atoms with van der Waals surface area (Å²) in [6.07, 6.45) is 10.2. The van der Waals surface area contributed by atoms with Crippen LogP contribution < -0.4 is 0 Å². The van der Waals surface area contributed by atoms with Crippen LogP contribution in [0.3, 0.4) is 0 Å². The van der Waals surface area contributed by atoms with E-state index in [1.54, 1.807) is 13.0 Å². The molecule has 0 spiro atoms. The third-order valence-corrected chi connectivity index (χ3v) is 6.58. The van der Waals surface area contributed by atoms with Crippen LogP contribution in [0.15, 0.2) is 12.1 Å². The average Bonchev–Trinajstić information content (AvgIpc) is 3.28. The van der Waals surface area contributed by atoms with E-state index in [2.05, 4.69) is 6.92 Å². The zero-order valence-corrected chi connectivity index (χ0v) is 20.1. The fourth-order valence-electron chi connectivity index (χ4n) is 4.59. The maximum atomic E-state index is 14.9. The molecule has 1 aromatic rings. The Bertz CT molecular complexity index is 771. The summed E-state index contributed by atoms with van der Waals surface area (Å²) in [5.74, 6) is -3.23. The van der Waals surface area contributed by atoms with Gasteiger partial charge in [0.25, 0.3) is 0 Å². The lowest BCUT2D eigenvalue weighted by Gasteiger charge is -2.28. The van der Waals surface area contributed by atoms with Crippen molar-refractivity contribution >= 4 is 12.1 Å². The monoisotopic (exact) mass is 467 g/mol. The van der Waals surface area contributed by atoms with Crippen molar-refractivity contribution in [2.45, 2.75) is 103 Å². The van der Waals surface area contributed by atoms with Crippen LogP contribution in [0.5, 0.6) is 0 Å². The third-order valence-electron chi connectivity index (χ3n) is 6.58. The molecule has 2 rings (SSSR count). The number of carboxylic acids is 1. The summed E-state index contributed by atoms with van der Waals surface area (Å²) in [4.78, 5) is 25.2. The maximum Gasteiger partial charge on any atom is 0.410 e. The number of nitrogens with zero attached hydrogens (tertiary/aromatic N) is 1. The zero-order valence-electron chi connectivity index (χ0n) is 20.1. The van der Waals surface area contributed by atoms with Crippen molar-refractivity contribution in [3.63, 3.8) is 0 Å². The Morgan fingerprint density at radius 1 is 0.970 bits per heavy atom. The number of ether oxygens (including phenoxy) is 1. The number of unbranched alkanes of at least 4 members (excludes halogenated alkanes) is 7. The minimum absolute atomic E-state index is 0.0824. The first-order chi connectivity index (χ1) is 15.9. The second-order valence-corrected chi connectivity index (χ2v) is 9.07. The lowest BCUT2D eigenvalue weighted by Crippen LogP contribution is -2.39. The highest BCUT2D eigenvalue weighted by Crippen LogP contribution is 2.32. The summed E-state index contributed by atoms with van der Waals surface area (Å²) in [5.41, 5.74) is 0.440. The second-order valence-electron chi connectivity index (χ2n) is 9.07. The fourth-order valence-corrected chi connectivity index (χ4v) is 4.59. The topological polar surface area (TPSA) is 66.8 Å². The Morgan fingerprint density at radius 2 is 1.58 bits per heavy atom. The van der Waals surface area contributed by atoms with E-state index < -0.39 is 29.6 Å². The number of amides is 1. The van der Waals surface area contributed by atoms with Crippen molar-refractivity contribution in [2.75, 3.05) is 6.61 Å². The summed E-state index contributed by atoms with van der Waals surface area (Å²) >= 11 is 0. The largest absolute Gasteiger partial charge is 0.481 e. The van der Waals surface area contributed by atoms with E-state index in [4.69, 9.17) is 4.74 Å². The smallest absolute Gasteiger partial charge is 0.410 e. The number of aryl methyl sites for hydroxylation is 1. The molecule has 1 aromatic carbocycles. The SMILES string of the molecule is CCCCCCCCCCc1ccc(CN(C(=O)OCC)C2CCC(C(=O)O)C2)c(F)c1F. The van der Waals surface area contributed by atoms with Gasteiger partial charge in [-0.1, -0.05) is 64.0 Å². The molecule has 33 heavy (non-hydrogen) atoms. The van der Waals surface area contributed by atoms with Gasteiger partial charge in [0, 0.05) is 11.6 Å². The van der Waals surface area contributed by atoms with Crippen molar-refractivity contribution in [3.8, 4) is 0 Å². The highest BCUT2D eigenvalue weighted by atomic mass is 19.2. The molecule has 1 N–H and O–H groups in total. The molecule has 0 saturated heterocycles. The van der Waals surface area contributed by atoms with Crippen LogP contribution in [0.2, 0.25) is 0 Å². The second kappa shape index (κ2) is 14.2. The number of aliphatic carboxylic acids is 1. The number of carbonyl (C=O) groups is 2. The number of carbonyl (C=O) groups excluding carboxylic acids is 1. The summed E-state index contributed by atoms with van der Waals surface area (Å²) in [6, 6.07) is 2.77. The van der Waals surface area contributed by atoms with Gasteiger partial charge >= 0.3 is 12.1 Å². The van der Waals surface area contributed by atoms with Gasteiger partial charge < -0.3 is 14.7 Å². The van der Waals surface area contributed by atoms with Crippen molar-refractivity contribution in [1.82, 2.24) is 4.90 Å². The normalized spacial score (nSPS) is 17.8. The summed E-state index contributed by atoms with van der Waals surface area (Å²) in [7, 11) is 0. The standard InChI is InChI=1S/C26H39F2NO4/c1-3-5-6-7-8-9-10-11-12-19-13-14-21(24(28)23(19)27)18-29(26(32)33-4-2)22-16-15-20(17-22)25(30)31/h13-14,20,22H,3-12,15-18H2,1-2H3,(H,30,31). The Hall–Kier alpha value is -2.18. The molecule has 2 atom stereocenters. The van der Waals surface area contributed by atoms with Crippen LogP contribution in [0.4, 0.5) is 13.6 Å². The Labute approximate surface area is 196 Å². The molecular formula is C26H39F2NO4. The molecule has 2 unspecified atom stereocenters. The molecule has 1 aliphatic carbocycles. The number of carboxylic acid groups (broad SMARTS) is 1. The summed E-state index contributed by atoms with van der Waals surface area (Å²) < 4.78 is 34.7. The van der Waals surface area contributed by atoms with E-state index in [1.807, 2.05) is 0 Å². The molecule has 0 aromatic heterocycles. The number of benzene rings is 1. The first-order valence-electron chi connectivity index (χ1n) is 12.5. The number of hydrogen-bond acceptors (Lipinski definition) is 3. The molecule has 1 amide bonds. The molecular weight excluding hydrogens is 428 g/mol. The quantitative estimate of drug-likeness (QED) is 0.304. The molecule has 1 fully saturated rings. The van der Waals surface area contributed by atoms with E-state index in [1.165, 1.54) is 43.1 Å². The Morgan fingerprint density at radius 3 is 2.18 bits per heavy atom. The van der Waals surface area contributed by atoms with E-state index in [9.17, 15) is 23.5 Å². The molecule has 1 aliphatic rings. The Kier molecular flexibility index (Phi) is 11.6. The van der Waals surface area contributed by atoms with Gasteiger partial charge in [0.1, 0.15) is 0 Å². The highest BCUT2D eigenvalue weighted by molar-refractivity contribution is 5.71. The first-order valence-corrected chi connectivity index (χ1v) is 12.5. The average molecular weight is 468 g/mol. The van der Waals surface area contributed by atoms with Gasteiger partial charge in [-0.25, -0.2) is 13.6 Å². The molecule has 7 heteroatoms. The number of rotatable bonds is 14. The third kappa shape index (κ3) is 8.27. The van der Waals surface area contributed by atoms with Gasteiger partial charge in [-0.05, 0) is 44.6 Å². The van der Waals surface area contributed by atoms with Crippen molar-refractivity contribution in [3.05, 3.63) is 34.9 Å². The van der Waals surface area contributed by atoms with Crippen LogP contribution in [0, 0.1) is 17.6 Å². The van der Waals surface area contributed by atoms with Gasteiger partial charge in [-0.15, -0.1) is 0 Å². The van der Waals surface area contributed by atoms with Gasteiger partial charge in [0.05, 0.1) is 19.1 Å². The van der Waals surface area contributed by atoms with Gasteiger partial charge in [-0.2, -0.15) is 0 Å². The molecule has 186 valence electrons. The van der Waals surface area contributed by atoms with Gasteiger partial charge in [0.2, 0.25) is 0 Å². The van der Waals surface area contributed by atoms with E-state index in [-0.39, 0.29) is 31.2 Å². The number of halogens is 2. The minimum atomic E-state index is -0.936. The molecule has 0 radical (unpaired) electrons. The molecule has 0 bridgehead atoms. The Balaban J connectivity index is 1.97. The lowest BCUT2D eigenvalue weighted by molar-refractivity contribution is -0.141. The zero-order chi connectivity index (χ0) is 24.2. The predicted octanol–water partition coefficient (Wildman–Crippen LogP) is 6.86. The number of hydrogen-bond donors (Lipinski definition) is 1. The fraction of sp³-hybridized carbons (Fsp3) is 0.692. The molecule has 0 aliphatic heterocycles. The summed E-state index contributed by atoms with van der Waals surface area (Å²) in [6.45, 7) is 3.87. The molecule has 0 heterocycles. The van der Waals surface area contributed by atoms with Crippen LogP contribution >= 0.6 is 0 Å². The van der Waals surface area contributed by atoms with E-state index in [0.29, 0.717) is 24.8 Å². The van der Waals surface area contributed by atoms with E-state index in [0.717, 1.165) is 19.3 Å². The minimum Gasteiger partial charge on any atom is -0.481 e. The van der Waals surface area contributed by atoms with Crippen LogP contribution in [0.1, 0.15) is 95.6 Å². The van der Waals surface area contributed by atoms with Crippen molar-refractivity contribution in [1.29, 1.82) is 0 Å². The van der Waals surface area contributed by atoms with E-state index >= 15 is 0 Å².